The number of carbonyl (C=O) groups excluding carboxylic acids is 1. The Balaban J connectivity index is 2.56. The molecule has 14 heavy (non-hydrogen) atoms. The Bertz CT molecular complexity index is 208. The molecule has 0 saturated carbocycles. The third-order valence-electron chi connectivity index (χ3n) is 2.90. The first-order chi connectivity index (χ1) is 6.45. The van der Waals surface area contributed by atoms with Gasteiger partial charge in [-0.3, -0.25) is 9.69 Å². The predicted molar refractivity (Wildman–Crippen MR) is 56.1 cm³/mol. The van der Waals surface area contributed by atoms with Crippen LogP contribution in [0.2, 0.25) is 0 Å². The number of hydrogen-bond donors (Lipinski definition) is 0. The number of carbonyl (C=O) groups is 1. The summed E-state index contributed by atoms with van der Waals surface area (Å²) in [5.74, 6) is 0.0203. The van der Waals surface area contributed by atoms with Crippen molar-refractivity contribution in [2.24, 2.45) is 5.92 Å². The number of methoxy groups -OCH3 is 1. The van der Waals surface area contributed by atoms with Crippen LogP contribution in [0.15, 0.2) is 0 Å². The molecule has 1 fully saturated rings. The Labute approximate surface area is 86.4 Å². The molecular weight excluding hydrogens is 178 g/mol. The number of piperidine rings is 1. The molecule has 0 aliphatic carbocycles. The number of rotatable bonds is 1. The van der Waals surface area contributed by atoms with Gasteiger partial charge in [-0.2, -0.15) is 0 Å². The van der Waals surface area contributed by atoms with Crippen LogP contribution in [-0.2, 0) is 9.53 Å². The van der Waals surface area contributed by atoms with Crippen molar-refractivity contribution in [3.63, 3.8) is 0 Å². The van der Waals surface area contributed by atoms with E-state index in [-0.39, 0.29) is 17.4 Å². The van der Waals surface area contributed by atoms with E-state index in [1.807, 2.05) is 0 Å². The molecular formula is C11H21NO2. The van der Waals surface area contributed by atoms with Gasteiger partial charge in [0.25, 0.3) is 0 Å². The fourth-order valence-corrected chi connectivity index (χ4v) is 1.95. The van der Waals surface area contributed by atoms with Crippen LogP contribution in [-0.4, -0.2) is 36.6 Å². The Morgan fingerprint density at radius 1 is 1.43 bits per heavy atom. The van der Waals surface area contributed by atoms with Crippen LogP contribution in [0, 0.1) is 5.92 Å². The zero-order valence-corrected chi connectivity index (χ0v) is 9.67. The molecule has 1 aliphatic heterocycles. The molecule has 1 unspecified atom stereocenters. The second-order valence-electron chi connectivity index (χ2n) is 4.98. The van der Waals surface area contributed by atoms with E-state index in [0.717, 1.165) is 25.9 Å². The van der Waals surface area contributed by atoms with Gasteiger partial charge in [-0.25, -0.2) is 0 Å². The van der Waals surface area contributed by atoms with Gasteiger partial charge in [0.1, 0.15) is 0 Å². The summed E-state index contributed by atoms with van der Waals surface area (Å²) in [5, 5.41) is 0. The Hall–Kier alpha value is -0.570. The van der Waals surface area contributed by atoms with Crippen molar-refractivity contribution in [3.8, 4) is 0 Å². The van der Waals surface area contributed by atoms with Gasteiger partial charge >= 0.3 is 5.97 Å². The summed E-state index contributed by atoms with van der Waals surface area (Å²) in [5.41, 5.74) is 0.159. The van der Waals surface area contributed by atoms with Gasteiger partial charge in [-0.1, -0.05) is 0 Å². The molecule has 0 bridgehead atoms. The lowest BCUT2D eigenvalue weighted by Crippen LogP contribution is -2.48. The lowest BCUT2D eigenvalue weighted by Gasteiger charge is -2.40. The summed E-state index contributed by atoms with van der Waals surface area (Å²) < 4.78 is 4.79. The molecule has 1 saturated heterocycles. The number of likely N-dealkylation sites (tertiary alicyclic amines) is 1. The molecule has 0 spiro atoms. The van der Waals surface area contributed by atoms with E-state index < -0.39 is 0 Å². The summed E-state index contributed by atoms with van der Waals surface area (Å²) in [6.07, 6.45) is 2.07. The van der Waals surface area contributed by atoms with E-state index in [1.165, 1.54) is 7.11 Å². The highest BCUT2D eigenvalue weighted by Gasteiger charge is 2.31. The minimum absolute atomic E-state index is 0.0565. The largest absolute Gasteiger partial charge is 0.469 e. The lowest BCUT2D eigenvalue weighted by atomic mass is 9.93. The molecule has 0 radical (unpaired) electrons. The van der Waals surface area contributed by atoms with Crippen LogP contribution in [0.5, 0.6) is 0 Å². The van der Waals surface area contributed by atoms with E-state index in [9.17, 15) is 4.79 Å². The van der Waals surface area contributed by atoms with Gasteiger partial charge in [0.15, 0.2) is 0 Å². The molecule has 0 N–H and O–H groups in total. The van der Waals surface area contributed by atoms with E-state index in [2.05, 4.69) is 25.7 Å². The molecule has 0 amide bonds. The molecule has 1 heterocycles. The molecule has 3 nitrogen and oxygen atoms in total. The van der Waals surface area contributed by atoms with Gasteiger partial charge in [-0.05, 0) is 40.2 Å². The Morgan fingerprint density at radius 2 is 2.07 bits per heavy atom. The third kappa shape index (κ3) is 2.71. The van der Waals surface area contributed by atoms with Gasteiger partial charge in [-0.15, -0.1) is 0 Å². The summed E-state index contributed by atoms with van der Waals surface area (Å²) in [7, 11) is 1.47. The molecule has 0 aromatic rings. The van der Waals surface area contributed by atoms with Crippen molar-refractivity contribution in [3.05, 3.63) is 0 Å². The summed E-state index contributed by atoms with van der Waals surface area (Å²) in [6.45, 7) is 8.50. The highest BCUT2D eigenvalue weighted by atomic mass is 16.5. The third-order valence-corrected chi connectivity index (χ3v) is 2.90. The van der Waals surface area contributed by atoms with Gasteiger partial charge < -0.3 is 4.74 Å². The minimum Gasteiger partial charge on any atom is -0.469 e. The Morgan fingerprint density at radius 3 is 2.57 bits per heavy atom. The second kappa shape index (κ2) is 4.30. The first kappa shape index (κ1) is 11.5. The predicted octanol–water partition coefficient (Wildman–Crippen LogP) is 1.67. The smallest absolute Gasteiger partial charge is 0.309 e. The van der Waals surface area contributed by atoms with Crippen LogP contribution >= 0.6 is 0 Å². The van der Waals surface area contributed by atoms with E-state index in [1.54, 1.807) is 0 Å². The van der Waals surface area contributed by atoms with Crippen molar-refractivity contribution in [1.82, 2.24) is 4.90 Å². The van der Waals surface area contributed by atoms with Crippen molar-refractivity contribution in [1.29, 1.82) is 0 Å². The first-order valence-electron chi connectivity index (χ1n) is 5.28. The van der Waals surface area contributed by atoms with E-state index in [0.29, 0.717) is 0 Å². The Kier molecular flexibility index (Phi) is 3.53. The fraction of sp³-hybridized carbons (Fsp3) is 0.909. The van der Waals surface area contributed by atoms with Crippen LogP contribution in [0.1, 0.15) is 33.6 Å². The van der Waals surface area contributed by atoms with Crippen LogP contribution in [0.4, 0.5) is 0 Å². The normalized spacial score (nSPS) is 24.7. The average molecular weight is 199 g/mol. The van der Waals surface area contributed by atoms with Crippen molar-refractivity contribution in [2.75, 3.05) is 20.2 Å². The highest BCUT2D eigenvalue weighted by Crippen LogP contribution is 2.24. The lowest BCUT2D eigenvalue weighted by molar-refractivity contribution is -0.148. The van der Waals surface area contributed by atoms with Crippen LogP contribution in [0.25, 0.3) is 0 Å². The highest BCUT2D eigenvalue weighted by molar-refractivity contribution is 5.72. The van der Waals surface area contributed by atoms with Gasteiger partial charge in [0.2, 0.25) is 0 Å². The first-order valence-corrected chi connectivity index (χ1v) is 5.28. The molecule has 0 aromatic heterocycles. The number of hydrogen-bond acceptors (Lipinski definition) is 3. The summed E-state index contributed by atoms with van der Waals surface area (Å²) in [6, 6.07) is 0. The summed E-state index contributed by atoms with van der Waals surface area (Å²) in [4.78, 5) is 13.7. The molecule has 3 heteroatoms. The summed E-state index contributed by atoms with van der Waals surface area (Å²) >= 11 is 0. The minimum atomic E-state index is -0.0565. The van der Waals surface area contributed by atoms with E-state index >= 15 is 0 Å². The maximum absolute atomic E-state index is 11.4. The van der Waals surface area contributed by atoms with Crippen molar-refractivity contribution < 1.29 is 9.53 Å². The molecule has 1 atom stereocenters. The van der Waals surface area contributed by atoms with Crippen LogP contribution < -0.4 is 0 Å². The monoisotopic (exact) mass is 199 g/mol. The maximum atomic E-state index is 11.4. The van der Waals surface area contributed by atoms with Gasteiger partial charge in [0, 0.05) is 12.1 Å². The average Bonchev–Trinajstić information content (AvgIpc) is 2.15. The van der Waals surface area contributed by atoms with Crippen molar-refractivity contribution in [2.45, 2.75) is 39.2 Å². The standard InChI is InChI=1S/C11H21NO2/c1-11(2,3)12-7-5-6-9(8-12)10(13)14-4/h9H,5-8H2,1-4H3. The van der Waals surface area contributed by atoms with E-state index in [4.69, 9.17) is 4.74 Å². The number of nitrogens with zero attached hydrogens (tertiary/aromatic N) is 1. The maximum Gasteiger partial charge on any atom is 0.309 e. The molecule has 82 valence electrons. The number of esters is 1. The fourth-order valence-electron chi connectivity index (χ4n) is 1.95. The second-order valence-corrected chi connectivity index (χ2v) is 4.98. The SMILES string of the molecule is COC(=O)C1CCCN(C(C)(C)C)C1. The molecule has 1 rings (SSSR count). The molecule has 0 aromatic carbocycles. The molecule has 1 aliphatic rings. The topological polar surface area (TPSA) is 29.5 Å². The van der Waals surface area contributed by atoms with Crippen LogP contribution in [0.3, 0.4) is 0 Å². The van der Waals surface area contributed by atoms with Gasteiger partial charge in [0.05, 0.1) is 13.0 Å². The zero-order chi connectivity index (χ0) is 10.8. The quantitative estimate of drug-likeness (QED) is 0.602. The van der Waals surface area contributed by atoms with Crippen molar-refractivity contribution >= 4 is 5.97 Å². The number of ether oxygens (including phenoxy) is 1. The zero-order valence-electron chi connectivity index (χ0n) is 9.67.